The van der Waals surface area contributed by atoms with E-state index >= 15 is 0 Å². The molecule has 106 valence electrons. The van der Waals surface area contributed by atoms with Gasteiger partial charge >= 0.3 is 0 Å². The highest BCUT2D eigenvalue weighted by atomic mass is 16.5. The minimum absolute atomic E-state index is 0.128. The average molecular weight is 272 g/mol. The summed E-state index contributed by atoms with van der Waals surface area (Å²) in [7, 11) is 3.27. The maximum absolute atomic E-state index is 5.73. The summed E-state index contributed by atoms with van der Waals surface area (Å²) >= 11 is 0. The van der Waals surface area contributed by atoms with Gasteiger partial charge in [-0.25, -0.2) is 5.43 Å². The Labute approximate surface area is 119 Å². The molecule has 0 heterocycles. The fourth-order valence-corrected chi connectivity index (χ4v) is 2.18. The molecule has 1 unspecified atom stereocenters. The number of methoxy groups -OCH3 is 2. The minimum Gasteiger partial charge on any atom is -0.497 e. The lowest BCUT2D eigenvalue weighted by Gasteiger charge is -2.20. The first kappa shape index (κ1) is 14.4. The topological polar surface area (TPSA) is 56.5 Å². The molecule has 0 amide bonds. The molecule has 0 saturated heterocycles. The van der Waals surface area contributed by atoms with E-state index in [1.165, 1.54) is 5.56 Å². The lowest BCUT2D eigenvalue weighted by atomic mass is 9.97. The van der Waals surface area contributed by atoms with Gasteiger partial charge in [0.1, 0.15) is 11.5 Å². The monoisotopic (exact) mass is 272 g/mol. The van der Waals surface area contributed by atoms with E-state index in [2.05, 4.69) is 36.6 Å². The van der Waals surface area contributed by atoms with Gasteiger partial charge < -0.3 is 9.47 Å². The zero-order valence-corrected chi connectivity index (χ0v) is 12.0. The van der Waals surface area contributed by atoms with Crippen LogP contribution in [0.3, 0.4) is 0 Å². The Morgan fingerprint density at radius 3 is 2.25 bits per heavy atom. The Morgan fingerprint density at radius 1 is 1.00 bits per heavy atom. The van der Waals surface area contributed by atoms with Gasteiger partial charge in [0.2, 0.25) is 0 Å². The molecule has 0 aliphatic rings. The van der Waals surface area contributed by atoms with E-state index in [-0.39, 0.29) is 6.04 Å². The van der Waals surface area contributed by atoms with Gasteiger partial charge in [0.25, 0.3) is 0 Å². The second-order valence-corrected chi connectivity index (χ2v) is 4.62. The highest BCUT2D eigenvalue weighted by Gasteiger charge is 2.17. The van der Waals surface area contributed by atoms with E-state index in [0.717, 1.165) is 22.6 Å². The van der Waals surface area contributed by atoms with Crippen molar-refractivity contribution in [2.24, 2.45) is 5.84 Å². The molecule has 2 rings (SSSR count). The van der Waals surface area contributed by atoms with E-state index < -0.39 is 0 Å². The van der Waals surface area contributed by atoms with Crippen LogP contribution in [0.15, 0.2) is 42.5 Å². The normalized spacial score (nSPS) is 12.0. The molecule has 0 radical (unpaired) electrons. The van der Waals surface area contributed by atoms with Crippen LogP contribution in [-0.4, -0.2) is 14.2 Å². The molecule has 1 atom stereocenters. The Morgan fingerprint density at radius 2 is 1.70 bits per heavy atom. The predicted octanol–water partition coefficient (Wildman–Crippen LogP) is 2.56. The zero-order chi connectivity index (χ0) is 14.5. The maximum atomic E-state index is 5.73. The first-order valence-electron chi connectivity index (χ1n) is 6.44. The van der Waals surface area contributed by atoms with Crippen LogP contribution in [0.2, 0.25) is 0 Å². The summed E-state index contributed by atoms with van der Waals surface area (Å²) in [6.07, 6.45) is 0. The van der Waals surface area contributed by atoms with Crippen LogP contribution in [0, 0.1) is 6.92 Å². The molecule has 0 aromatic heterocycles. The summed E-state index contributed by atoms with van der Waals surface area (Å²) in [4.78, 5) is 0. The van der Waals surface area contributed by atoms with E-state index in [0.29, 0.717) is 0 Å². The average Bonchev–Trinajstić information content (AvgIpc) is 2.50. The third-order valence-corrected chi connectivity index (χ3v) is 3.33. The van der Waals surface area contributed by atoms with Gasteiger partial charge in [-0.1, -0.05) is 29.8 Å². The van der Waals surface area contributed by atoms with Crippen LogP contribution in [0.1, 0.15) is 22.7 Å². The van der Waals surface area contributed by atoms with Crippen molar-refractivity contribution in [1.82, 2.24) is 5.43 Å². The van der Waals surface area contributed by atoms with Gasteiger partial charge in [0.15, 0.2) is 0 Å². The van der Waals surface area contributed by atoms with Crippen LogP contribution in [0.25, 0.3) is 0 Å². The molecule has 2 aromatic rings. The molecule has 0 aliphatic heterocycles. The lowest BCUT2D eigenvalue weighted by molar-refractivity contribution is 0.387. The van der Waals surface area contributed by atoms with Crippen molar-refractivity contribution in [2.75, 3.05) is 14.2 Å². The summed E-state index contributed by atoms with van der Waals surface area (Å²) in [5, 5.41) is 0. The first-order valence-corrected chi connectivity index (χ1v) is 6.44. The van der Waals surface area contributed by atoms with Crippen LogP contribution < -0.4 is 20.7 Å². The molecule has 2 aromatic carbocycles. The van der Waals surface area contributed by atoms with Crippen molar-refractivity contribution in [3.8, 4) is 11.5 Å². The number of rotatable bonds is 5. The summed E-state index contributed by atoms with van der Waals surface area (Å²) < 4.78 is 10.7. The van der Waals surface area contributed by atoms with E-state index in [4.69, 9.17) is 15.3 Å². The van der Waals surface area contributed by atoms with Gasteiger partial charge in [-0.2, -0.15) is 0 Å². The predicted molar refractivity (Wildman–Crippen MR) is 79.9 cm³/mol. The molecular weight excluding hydrogens is 252 g/mol. The fraction of sp³-hybridized carbons (Fsp3) is 0.250. The Balaban J connectivity index is 2.43. The van der Waals surface area contributed by atoms with E-state index in [1.54, 1.807) is 14.2 Å². The van der Waals surface area contributed by atoms with E-state index in [1.807, 2.05) is 18.2 Å². The van der Waals surface area contributed by atoms with Gasteiger partial charge in [0, 0.05) is 11.6 Å². The third kappa shape index (κ3) is 2.92. The Bertz CT molecular complexity index is 567. The van der Waals surface area contributed by atoms with Crippen LogP contribution in [-0.2, 0) is 0 Å². The lowest BCUT2D eigenvalue weighted by Crippen LogP contribution is -2.29. The molecule has 0 fully saturated rings. The molecule has 4 nitrogen and oxygen atoms in total. The number of hydrazine groups is 1. The standard InChI is InChI=1S/C16H20N2O2/c1-11-4-6-12(7-5-11)16(18-17)14-9-8-13(19-2)10-15(14)20-3/h4-10,16,18H,17H2,1-3H3. The molecule has 0 spiro atoms. The number of benzene rings is 2. The highest BCUT2D eigenvalue weighted by Crippen LogP contribution is 2.32. The van der Waals surface area contributed by atoms with Gasteiger partial charge in [-0.3, -0.25) is 5.84 Å². The summed E-state index contributed by atoms with van der Waals surface area (Å²) in [6.45, 7) is 2.06. The Kier molecular flexibility index (Phi) is 4.61. The number of ether oxygens (including phenoxy) is 2. The van der Waals surface area contributed by atoms with Gasteiger partial charge in [0.05, 0.1) is 20.3 Å². The van der Waals surface area contributed by atoms with Crippen molar-refractivity contribution in [3.63, 3.8) is 0 Å². The summed E-state index contributed by atoms with van der Waals surface area (Å²) in [6, 6.07) is 13.8. The van der Waals surface area contributed by atoms with Crippen LogP contribution >= 0.6 is 0 Å². The number of aryl methyl sites for hydroxylation is 1. The maximum Gasteiger partial charge on any atom is 0.127 e. The number of nitrogens with one attached hydrogen (secondary N) is 1. The molecular formula is C16H20N2O2. The Hall–Kier alpha value is -2.04. The highest BCUT2D eigenvalue weighted by molar-refractivity contribution is 5.46. The molecule has 0 aliphatic carbocycles. The fourth-order valence-electron chi connectivity index (χ4n) is 2.18. The van der Waals surface area contributed by atoms with Gasteiger partial charge in [-0.15, -0.1) is 0 Å². The van der Waals surface area contributed by atoms with E-state index in [9.17, 15) is 0 Å². The molecule has 0 saturated carbocycles. The van der Waals surface area contributed by atoms with Crippen molar-refractivity contribution >= 4 is 0 Å². The minimum atomic E-state index is -0.128. The van der Waals surface area contributed by atoms with Crippen molar-refractivity contribution in [3.05, 3.63) is 59.2 Å². The molecule has 4 heteroatoms. The zero-order valence-electron chi connectivity index (χ0n) is 12.0. The van der Waals surface area contributed by atoms with Crippen molar-refractivity contribution in [1.29, 1.82) is 0 Å². The second kappa shape index (κ2) is 6.41. The number of hydrogen-bond acceptors (Lipinski definition) is 4. The summed E-state index contributed by atoms with van der Waals surface area (Å²) in [5.74, 6) is 7.23. The number of nitrogens with two attached hydrogens (primary N) is 1. The SMILES string of the molecule is COc1ccc(C(NN)c2ccc(C)cc2)c(OC)c1. The largest absolute Gasteiger partial charge is 0.497 e. The summed E-state index contributed by atoms with van der Waals surface area (Å²) in [5.41, 5.74) is 6.12. The van der Waals surface area contributed by atoms with Crippen molar-refractivity contribution < 1.29 is 9.47 Å². The number of hydrogen-bond donors (Lipinski definition) is 2. The molecule has 20 heavy (non-hydrogen) atoms. The molecule has 0 bridgehead atoms. The first-order chi connectivity index (χ1) is 9.69. The second-order valence-electron chi connectivity index (χ2n) is 4.62. The smallest absolute Gasteiger partial charge is 0.127 e. The molecule has 3 N–H and O–H groups in total. The van der Waals surface area contributed by atoms with Gasteiger partial charge in [-0.05, 0) is 24.6 Å². The quantitative estimate of drug-likeness (QED) is 0.649. The third-order valence-electron chi connectivity index (χ3n) is 3.33. The van der Waals surface area contributed by atoms with Crippen LogP contribution in [0.4, 0.5) is 0 Å². The van der Waals surface area contributed by atoms with Crippen molar-refractivity contribution in [2.45, 2.75) is 13.0 Å². The van der Waals surface area contributed by atoms with Crippen LogP contribution in [0.5, 0.6) is 11.5 Å².